The minimum Gasteiger partial charge on any atom is -0.493 e. The first-order valence-corrected chi connectivity index (χ1v) is 8.85. The lowest BCUT2D eigenvalue weighted by Crippen LogP contribution is -2.20. The summed E-state index contributed by atoms with van der Waals surface area (Å²) >= 11 is 0. The van der Waals surface area contributed by atoms with Crippen LogP contribution in [0.3, 0.4) is 0 Å². The number of benzene rings is 2. The molecule has 140 valence electrons. The van der Waals surface area contributed by atoms with Crippen LogP contribution in [-0.2, 0) is 11.3 Å². The minimum atomic E-state index is -0.210. The van der Waals surface area contributed by atoms with Crippen LogP contribution < -0.4 is 20.1 Å². The number of rotatable bonds is 9. The third-order valence-corrected chi connectivity index (χ3v) is 3.80. The zero-order chi connectivity index (χ0) is 18.9. The van der Waals surface area contributed by atoms with Gasteiger partial charge in [-0.3, -0.25) is 4.79 Å². The molecule has 0 fully saturated rings. The van der Waals surface area contributed by atoms with Crippen LogP contribution >= 0.6 is 0 Å². The Balaban J connectivity index is 1.89. The van der Waals surface area contributed by atoms with Gasteiger partial charge in [-0.1, -0.05) is 37.6 Å². The van der Waals surface area contributed by atoms with Crippen molar-refractivity contribution in [3.05, 3.63) is 53.6 Å². The summed E-state index contributed by atoms with van der Waals surface area (Å²) in [5, 5.41) is 6.20. The molecule has 0 aromatic heterocycles. The van der Waals surface area contributed by atoms with E-state index in [1.165, 1.54) is 0 Å². The van der Waals surface area contributed by atoms with Crippen molar-refractivity contribution in [2.45, 2.75) is 27.3 Å². The van der Waals surface area contributed by atoms with Gasteiger partial charge in [0.25, 0.3) is 5.91 Å². The molecule has 0 unspecified atom stereocenters. The molecule has 0 aliphatic rings. The van der Waals surface area contributed by atoms with Crippen LogP contribution in [0.4, 0.5) is 5.69 Å². The molecule has 0 atom stereocenters. The van der Waals surface area contributed by atoms with Crippen LogP contribution in [0.1, 0.15) is 25.0 Å². The van der Waals surface area contributed by atoms with Gasteiger partial charge >= 0.3 is 0 Å². The van der Waals surface area contributed by atoms with Gasteiger partial charge in [-0.2, -0.15) is 0 Å². The molecule has 0 aliphatic heterocycles. The maximum atomic E-state index is 12.1. The molecule has 0 saturated carbocycles. The number of carbonyl (C=O) groups excluding carboxylic acids is 1. The largest absolute Gasteiger partial charge is 0.493 e. The molecule has 0 aliphatic carbocycles. The first kappa shape index (κ1) is 19.8. The second-order valence-corrected chi connectivity index (χ2v) is 6.71. The maximum absolute atomic E-state index is 12.1. The van der Waals surface area contributed by atoms with Crippen molar-refractivity contribution in [1.82, 2.24) is 5.32 Å². The molecule has 26 heavy (non-hydrogen) atoms. The van der Waals surface area contributed by atoms with Crippen molar-refractivity contribution < 1.29 is 14.3 Å². The fraction of sp³-hybridized carbons (Fsp3) is 0.381. The smallest absolute Gasteiger partial charge is 0.262 e. The Morgan fingerprint density at radius 1 is 1.08 bits per heavy atom. The van der Waals surface area contributed by atoms with Crippen LogP contribution in [0.25, 0.3) is 0 Å². The Labute approximate surface area is 155 Å². The highest BCUT2D eigenvalue weighted by Gasteiger charge is 2.09. The average molecular weight is 356 g/mol. The number of anilines is 1. The summed E-state index contributed by atoms with van der Waals surface area (Å²) in [4.78, 5) is 12.1. The number of nitrogens with one attached hydrogen (secondary N) is 2. The number of carbonyl (C=O) groups is 1. The van der Waals surface area contributed by atoms with Crippen molar-refractivity contribution in [3.63, 3.8) is 0 Å². The zero-order valence-corrected chi connectivity index (χ0v) is 16.0. The molecule has 2 rings (SSSR count). The standard InChI is InChI=1S/C21H28N2O3/c1-15(2)12-22-13-17-7-10-19(20(11-17)25-4)26-14-21(24)23-18-8-5-16(3)6-9-18/h5-11,15,22H,12-14H2,1-4H3,(H,23,24). The molecule has 0 spiro atoms. The minimum absolute atomic E-state index is 0.0742. The van der Waals surface area contributed by atoms with E-state index in [0.717, 1.165) is 29.9 Å². The lowest BCUT2D eigenvalue weighted by molar-refractivity contribution is -0.118. The van der Waals surface area contributed by atoms with Crippen molar-refractivity contribution in [2.24, 2.45) is 5.92 Å². The van der Waals surface area contributed by atoms with Gasteiger partial charge in [0.15, 0.2) is 18.1 Å². The number of hydrogen-bond acceptors (Lipinski definition) is 4. The van der Waals surface area contributed by atoms with Crippen molar-refractivity contribution in [3.8, 4) is 11.5 Å². The molecule has 5 nitrogen and oxygen atoms in total. The van der Waals surface area contributed by atoms with Crippen LogP contribution in [0.15, 0.2) is 42.5 Å². The van der Waals surface area contributed by atoms with Gasteiger partial charge in [0.1, 0.15) is 0 Å². The summed E-state index contributed by atoms with van der Waals surface area (Å²) in [7, 11) is 1.60. The summed E-state index contributed by atoms with van der Waals surface area (Å²) in [5.41, 5.74) is 3.01. The molecule has 2 aromatic carbocycles. The van der Waals surface area contributed by atoms with Gasteiger partial charge in [0.2, 0.25) is 0 Å². The van der Waals surface area contributed by atoms with Crippen molar-refractivity contribution in [2.75, 3.05) is 25.6 Å². The predicted molar refractivity (Wildman–Crippen MR) is 105 cm³/mol. The molecule has 0 heterocycles. The van der Waals surface area contributed by atoms with E-state index in [9.17, 15) is 4.79 Å². The summed E-state index contributed by atoms with van der Waals surface area (Å²) in [6.45, 7) is 8.00. The summed E-state index contributed by atoms with van der Waals surface area (Å²) < 4.78 is 11.0. The maximum Gasteiger partial charge on any atom is 0.262 e. The highest BCUT2D eigenvalue weighted by atomic mass is 16.5. The Kier molecular flexibility index (Phi) is 7.48. The van der Waals surface area contributed by atoms with E-state index in [0.29, 0.717) is 17.4 Å². The average Bonchev–Trinajstić information content (AvgIpc) is 2.62. The topological polar surface area (TPSA) is 59.6 Å². The molecule has 1 amide bonds. The quantitative estimate of drug-likeness (QED) is 0.718. The third kappa shape index (κ3) is 6.41. The van der Waals surface area contributed by atoms with E-state index >= 15 is 0 Å². The van der Waals surface area contributed by atoms with Crippen LogP contribution in [0, 0.1) is 12.8 Å². The molecule has 0 bridgehead atoms. The Morgan fingerprint density at radius 3 is 2.46 bits per heavy atom. The van der Waals surface area contributed by atoms with E-state index in [1.807, 2.05) is 49.4 Å². The number of amides is 1. The second kappa shape index (κ2) is 9.82. The number of ether oxygens (including phenoxy) is 2. The van der Waals surface area contributed by atoms with E-state index < -0.39 is 0 Å². The monoisotopic (exact) mass is 356 g/mol. The Bertz CT molecular complexity index is 712. The fourth-order valence-electron chi connectivity index (χ4n) is 2.42. The number of methoxy groups -OCH3 is 1. The molecule has 2 N–H and O–H groups in total. The van der Waals surface area contributed by atoms with E-state index in [-0.39, 0.29) is 12.5 Å². The first-order valence-electron chi connectivity index (χ1n) is 8.85. The van der Waals surface area contributed by atoms with E-state index in [1.54, 1.807) is 7.11 Å². The van der Waals surface area contributed by atoms with Gasteiger partial charge in [-0.15, -0.1) is 0 Å². The normalized spacial score (nSPS) is 10.7. The van der Waals surface area contributed by atoms with Crippen LogP contribution in [0.2, 0.25) is 0 Å². The van der Waals surface area contributed by atoms with Gasteiger partial charge in [-0.05, 0) is 49.2 Å². The second-order valence-electron chi connectivity index (χ2n) is 6.71. The SMILES string of the molecule is COc1cc(CNCC(C)C)ccc1OCC(=O)Nc1ccc(C)cc1. The molecule has 5 heteroatoms. The molecular formula is C21H28N2O3. The Morgan fingerprint density at radius 2 is 1.81 bits per heavy atom. The fourth-order valence-corrected chi connectivity index (χ4v) is 2.42. The third-order valence-electron chi connectivity index (χ3n) is 3.80. The predicted octanol–water partition coefficient (Wildman–Crippen LogP) is 3.77. The van der Waals surface area contributed by atoms with Crippen molar-refractivity contribution >= 4 is 11.6 Å². The van der Waals surface area contributed by atoms with Gasteiger partial charge in [0, 0.05) is 12.2 Å². The van der Waals surface area contributed by atoms with Gasteiger partial charge in [-0.25, -0.2) is 0 Å². The van der Waals surface area contributed by atoms with Crippen LogP contribution in [-0.4, -0.2) is 26.2 Å². The van der Waals surface area contributed by atoms with Gasteiger partial charge < -0.3 is 20.1 Å². The molecule has 0 radical (unpaired) electrons. The summed E-state index contributed by atoms with van der Waals surface area (Å²) in [5.74, 6) is 1.57. The highest BCUT2D eigenvalue weighted by Crippen LogP contribution is 2.28. The summed E-state index contributed by atoms with van der Waals surface area (Å²) in [6, 6.07) is 13.4. The lowest BCUT2D eigenvalue weighted by Gasteiger charge is -2.13. The molecule has 0 saturated heterocycles. The van der Waals surface area contributed by atoms with E-state index in [2.05, 4.69) is 24.5 Å². The van der Waals surface area contributed by atoms with Crippen molar-refractivity contribution in [1.29, 1.82) is 0 Å². The number of aryl methyl sites for hydroxylation is 1. The first-order chi connectivity index (χ1) is 12.5. The zero-order valence-electron chi connectivity index (χ0n) is 16.0. The Hall–Kier alpha value is -2.53. The van der Waals surface area contributed by atoms with E-state index in [4.69, 9.17) is 9.47 Å². The molecular weight excluding hydrogens is 328 g/mol. The highest BCUT2D eigenvalue weighted by molar-refractivity contribution is 5.91. The van der Waals surface area contributed by atoms with Crippen LogP contribution in [0.5, 0.6) is 11.5 Å². The summed E-state index contributed by atoms with van der Waals surface area (Å²) in [6.07, 6.45) is 0. The van der Waals surface area contributed by atoms with Gasteiger partial charge in [0.05, 0.1) is 7.11 Å². The number of hydrogen-bond donors (Lipinski definition) is 2. The molecule has 2 aromatic rings. The lowest BCUT2D eigenvalue weighted by atomic mass is 10.2.